The normalized spacial score (nSPS) is 11.1. The number of hydrogen-bond acceptors (Lipinski definition) is 9. The number of aromatic amines is 1. The van der Waals surface area contributed by atoms with Crippen molar-refractivity contribution in [3.63, 3.8) is 0 Å². The van der Waals surface area contributed by atoms with Gasteiger partial charge in [-0.05, 0) is 30.3 Å². The number of benzene rings is 2. The molecule has 2 N–H and O–H groups in total. The second-order valence-electron chi connectivity index (χ2n) is 6.90. The minimum atomic E-state index is -0.601. The molecular formula is C22H13BrN6O5S. The summed E-state index contributed by atoms with van der Waals surface area (Å²) in [5.74, 6) is -0.392. The molecule has 4 aromatic rings. The highest BCUT2D eigenvalue weighted by Gasteiger charge is 2.15. The van der Waals surface area contributed by atoms with E-state index in [1.54, 1.807) is 23.6 Å². The summed E-state index contributed by atoms with van der Waals surface area (Å²) in [5, 5.41) is 26.0. The second kappa shape index (κ2) is 10.2. The van der Waals surface area contributed by atoms with Gasteiger partial charge in [-0.25, -0.2) is 9.97 Å². The molecule has 0 aliphatic rings. The Morgan fingerprint density at radius 3 is 2.89 bits per heavy atom. The monoisotopic (exact) mass is 552 g/mol. The van der Waals surface area contributed by atoms with Crippen LogP contribution in [0.3, 0.4) is 0 Å². The van der Waals surface area contributed by atoms with Gasteiger partial charge in [0.25, 0.3) is 17.2 Å². The van der Waals surface area contributed by atoms with Crippen LogP contribution in [0.5, 0.6) is 5.75 Å². The van der Waals surface area contributed by atoms with Crippen LogP contribution in [0.25, 0.3) is 22.6 Å². The Labute approximate surface area is 209 Å². The predicted molar refractivity (Wildman–Crippen MR) is 133 cm³/mol. The van der Waals surface area contributed by atoms with Crippen LogP contribution in [0.15, 0.2) is 57.2 Å². The number of halogens is 1. The highest BCUT2D eigenvalue weighted by molar-refractivity contribution is 9.10. The maximum absolute atomic E-state index is 12.5. The molecule has 13 heteroatoms. The maximum Gasteiger partial charge on any atom is 0.270 e. The first-order valence-corrected chi connectivity index (χ1v) is 11.4. The smallest absolute Gasteiger partial charge is 0.270 e. The second-order valence-corrected chi connectivity index (χ2v) is 8.71. The number of thiazole rings is 1. The first-order chi connectivity index (χ1) is 16.8. The fourth-order valence-electron chi connectivity index (χ4n) is 3.03. The lowest BCUT2D eigenvalue weighted by molar-refractivity contribution is -0.384. The first-order valence-electron chi connectivity index (χ1n) is 9.76. The number of nitriles is 1. The molecule has 11 nitrogen and oxygen atoms in total. The Bertz CT molecular complexity index is 1580. The summed E-state index contributed by atoms with van der Waals surface area (Å²) in [6.45, 7) is -0.403. The molecule has 0 saturated heterocycles. The number of ether oxygens (including phenoxy) is 1. The van der Waals surface area contributed by atoms with E-state index in [9.17, 15) is 25.0 Å². The Morgan fingerprint density at radius 2 is 2.17 bits per heavy atom. The fourth-order valence-corrected chi connectivity index (χ4v) is 3.93. The van der Waals surface area contributed by atoms with Crippen molar-refractivity contribution < 1.29 is 14.5 Å². The molecule has 0 spiro atoms. The summed E-state index contributed by atoms with van der Waals surface area (Å²) >= 11 is 4.53. The van der Waals surface area contributed by atoms with Crippen molar-refractivity contribution in [3.05, 3.63) is 84.3 Å². The average Bonchev–Trinajstić information content (AvgIpc) is 3.34. The zero-order valence-corrected chi connectivity index (χ0v) is 19.9. The number of aromatic nitrogens is 3. The van der Waals surface area contributed by atoms with Crippen LogP contribution < -0.4 is 15.6 Å². The zero-order chi connectivity index (χ0) is 24.9. The van der Waals surface area contributed by atoms with Gasteiger partial charge in [0.1, 0.15) is 11.8 Å². The van der Waals surface area contributed by atoms with E-state index in [1.807, 2.05) is 6.07 Å². The van der Waals surface area contributed by atoms with Crippen LogP contribution in [-0.2, 0) is 4.79 Å². The van der Waals surface area contributed by atoms with Gasteiger partial charge in [-0.15, -0.1) is 11.3 Å². The van der Waals surface area contributed by atoms with Crippen molar-refractivity contribution in [1.82, 2.24) is 15.0 Å². The lowest BCUT2D eigenvalue weighted by Gasteiger charge is -2.10. The van der Waals surface area contributed by atoms with Crippen LogP contribution in [0.1, 0.15) is 11.4 Å². The minimum absolute atomic E-state index is 0.0220. The number of nitrogens with zero attached hydrogens (tertiary/aromatic N) is 4. The number of rotatable bonds is 7. The number of nitro benzene ring substituents is 1. The molecular weight excluding hydrogens is 540 g/mol. The van der Waals surface area contributed by atoms with Crippen molar-refractivity contribution in [1.29, 1.82) is 5.26 Å². The standard InChI is InChI=1S/C22H13BrN6O5S/c23-14-1-3-17-16(9-14)21(31)28-20(26-17)13(10-24)7-12-8-15(29(32)33)2-4-18(12)34-11-19(30)27-22-25-5-6-35-22/h1-9H,11H2,(H,25,27,30)(H,26,28,31)/b13-7+. The van der Waals surface area contributed by atoms with Gasteiger partial charge in [0.2, 0.25) is 0 Å². The van der Waals surface area contributed by atoms with Crippen molar-refractivity contribution in [3.8, 4) is 11.8 Å². The van der Waals surface area contributed by atoms with Gasteiger partial charge in [-0.2, -0.15) is 5.26 Å². The predicted octanol–water partition coefficient (Wildman–Crippen LogP) is 4.13. The third-order valence-corrected chi connectivity index (χ3v) is 5.77. The number of nitro groups is 1. The summed E-state index contributed by atoms with van der Waals surface area (Å²) in [6, 6.07) is 10.6. The van der Waals surface area contributed by atoms with Gasteiger partial charge in [0.15, 0.2) is 17.6 Å². The largest absolute Gasteiger partial charge is 0.483 e. The van der Waals surface area contributed by atoms with Crippen LogP contribution in [0, 0.1) is 21.4 Å². The number of nitrogens with one attached hydrogen (secondary N) is 2. The topological polar surface area (TPSA) is 164 Å². The molecule has 2 aromatic heterocycles. The van der Waals surface area contributed by atoms with Crippen molar-refractivity contribution in [2.45, 2.75) is 0 Å². The molecule has 0 aliphatic carbocycles. The van der Waals surface area contributed by atoms with Crippen molar-refractivity contribution in [2.75, 3.05) is 11.9 Å². The van der Waals surface area contributed by atoms with Gasteiger partial charge in [-0.3, -0.25) is 25.0 Å². The van der Waals surface area contributed by atoms with Gasteiger partial charge < -0.3 is 9.72 Å². The highest BCUT2D eigenvalue weighted by Crippen LogP contribution is 2.28. The summed E-state index contributed by atoms with van der Waals surface area (Å²) in [6.07, 6.45) is 2.83. The zero-order valence-electron chi connectivity index (χ0n) is 17.5. The summed E-state index contributed by atoms with van der Waals surface area (Å²) in [5.41, 5.74) is -0.261. The number of fused-ring (bicyclic) bond motifs is 1. The summed E-state index contributed by atoms with van der Waals surface area (Å²) in [7, 11) is 0. The Balaban J connectivity index is 1.69. The molecule has 0 fully saturated rings. The van der Waals surface area contributed by atoms with E-state index in [4.69, 9.17) is 4.74 Å². The van der Waals surface area contributed by atoms with E-state index < -0.39 is 23.0 Å². The molecule has 35 heavy (non-hydrogen) atoms. The highest BCUT2D eigenvalue weighted by atomic mass is 79.9. The van der Waals surface area contributed by atoms with Gasteiger partial charge in [0.05, 0.1) is 21.4 Å². The molecule has 0 radical (unpaired) electrons. The molecule has 174 valence electrons. The molecule has 1 amide bonds. The molecule has 0 aliphatic heterocycles. The SMILES string of the molecule is N#C/C(=C\c1cc([N+](=O)[O-])ccc1OCC(=O)Nc1nccs1)c1nc2ccc(Br)cc2c(=O)[nH]1. The maximum atomic E-state index is 12.5. The van der Waals surface area contributed by atoms with Gasteiger partial charge in [-0.1, -0.05) is 15.9 Å². The van der Waals surface area contributed by atoms with E-state index in [0.29, 0.717) is 20.5 Å². The van der Waals surface area contributed by atoms with Crippen LogP contribution in [0.2, 0.25) is 0 Å². The summed E-state index contributed by atoms with van der Waals surface area (Å²) in [4.78, 5) is 46.2. The van der Waals surface area contributed by atoms with Crippen LogP contribution in [-0.4, -0.2) is 32.4 Å². The Morgan fingerprint density at radius 1 is 1.34 bits per heavy atom. The molecule has 0 saturated carbocycles. The van der Waals surface area contributed by atoms with Crippen LogP contribution >= 0.6 is 27.3 Å². The molecule has 2 aromatic carbocycles. The van der Waals surface area contributed by atoms with E-state index >= 15 is 0 Å². The van der Waals surface area contributed by atoms with Crippen molar-refractivity contribution >= 4 is 66.5 Å². The molecule has 0 bridgehead atoms. The average molecular weight is 553 g/mol. The molecule has 0 unspecified atom stereocenters. The number of anilines is 1. The number of H-pyrrole nitrogens is 1. The molecule has 4 rings (SSSR count). The number of hydrogen-bond donors (Lipinski definition) is 2. The lowest BCUT2D eigenvalue weighted by Crippen LogP contribution is -2.20. The third kappa shape index (κ3) is 5.57. The van der Waals surface area contributed by atoms with Gasteiger partial charge in [0, 0.05) is 33.7 Å². The summed E-state index contributed by atoms with van der Waals surface area (Å²) < 4.78 is 6.25. The number of amides is 1. The lowest BCUT2D eigenvalue weighted by atomic mass is 10.1. The number of carbonyl (C=O) groups excluding carboxylic acids is 1. The quantitative estimate of drug-likeness (QED) is 0.196. The number of non-ortho nitro benzene ring substituents is 1. The Hall–Kier alpha value is -4.41. The number of allylic oxidation sites excluding steroid dienone is 1. The van der Waals surface area contributed by atoms with E-state index in [2.05, 4.69) is 36.2 Å². The van der Waals surface area contributed by atoms with Crippen molar-refractivity contribution in [2.24, 2.45) is 0 Å². The van der Waals surface area contributed by atoms with Gasteiger partial charge >= 0.3 is 0 Å². The molecule has 2 heterocycles. The number of carbonyl (C=O) groups is 1. The van der Waals surface area contributed by atoms with Crippen LogP contribution in [0.4, 0.5) is 10.8 Å². The fraction of sp³-hybridized carbons (Fsp3) is 0.0455. The first kappa shape index (κ1) is 23.7. The third-order valence-electron chi connectivity index (χ3n) is 4.58. The molecule has 0 atom stereocenters. The Kier molecular flexibility index (Phi) is 6.95. The van der Waals surface area contributed by atoms with E-state index in [-0.39, 0.29) is 28.4 Å². The van der Waals surface area contributed by atoms with E-state index in [1.165, 1.54) is 41.8 Å². The van der Waals surface area contributed by atoms with E-state index in [0.717, 1.165) is 0 Å². The minimum Gasteiger partial charge on any atom is -0.483 e.